The summed E-state index contributed by atoms with van der Waals surface area (Å²) in [7, 11) is 0. The second-order valence-corrected chi connectivity index (χ2v) is 6.55. The van der Waals surface area contributed by atoms with Gasteiger partial charge in [0.1, 0.15) is 0 Å². The lowest BCUT2D eigenvalue weighted by atomic mass is 10.1. The predicted molar refractivity (Wildman–Crippen MR) is 114 cm³/mol. The van der Waals surface area contributed by atoms with E-state index in [4.69, 9.17) is 21.7 Å². The molecule has 0 saturated carbocycles. The van der Waals surface area contributed by atoms with Gasteiger partial charge in [0.15, 0.2) is 5.11 Å². The number of ether oxygens (including phenoxy) is 2. The summed E-state index contributed by atoms with van der Waals surface area (Å²) in [6, 6.07) is 10.6. The summed E-state index contributed by atoms with van der Waals surface area (Å²) in [6.07, 6.45) is 0. The van der Waals surface area contributed by atoms with E-state index >= 15 is 0 Å². The minimum absolute atomic E-state index is 0.234. The van der Waals surface area contributed by atoms with Crippen molar-refractivity contribution in [3.63, 3.8) is 0 Å². The second-order valence-electron chi connectivity index (χ2n) is 6.14. The van der Waals surface area contributed by atoms with Crippen LogP contribution >= 0.6 is 12.2 Å². The highest BCUT2D eigenvalue weighted by Crippen LogP contribution is 2.19. The number of hydrogen-bond donors (Lipinski definition) is 2. The van der Waals surface area contributed by atoms with Crippen LogP contribution in [0.3, 0.4) is 0 Å². The lowest BCUT2D eigenvalue weighted by Crippen LogP contribution is -2.20. The molecule has 0 aliphatic rings. The van der Waals surface area contributed by atoms with E-state index in [0.717, 1.165) is 16.8 Å². The Morgan fingerprint density at radius 2 is 1.46 bits per heavy atom. The fourth-order valence-electron chi connectivity index (χ4n) is 2.60. The highest BCUT2D eigenvalue weighted by Gasteiger charge is 2.15. The van der Waals surface area contributed by atoms with Crippen LogP contribution in [-0.2, 0) is 9.47 Å². The minimum Gasteiger partial charge on any atom is -0.462 e. The first-order valence-electron chi connectivity index (χ1n) is 8.98. The smallest absolute Gasteiger partial charge is 0.338 e. The average molecular weight is 401 g/mol. The quantitative estimate of drug-likeness (QED) is 0.547. The highest BCUT2D eigenvalue weighted by atomic mass is 32.1. The topological polar surface area (TPSA) is 76.7 Å². The summed E-state index contributed by atoms with van der Waals surface area (Å²) >= 11 is 5.38. The highest BCUT2D eigenvalue weighted by molar-refractivity contribution is 7.80. The molecular weight excluding hydrogens is 376 g/mol. The molecule has 0 amide bonds. The zero-order valence-electron chi connectivity index (χ0n) is 16.4. The number of benzene rings is 2. The molecule has 2 rings (SSSR count). The van der Waals surface area contributed by atoms with Gasteiger partial charge in [0.25, 0.3) is 0 Å². The Kier molecular flexibility index (Phi) is 7.52. The molecule has 2 aromatic carbocycles. The van der Waals surface area contributed by atoms with Crippen LogP contribution in [0.1, 0.15) is 45.7 Å². The largest absolute Gasteiger partial charge is 0.462 e. The summed E-state index contributed by atoms with van der Waals surface area (Å²) in [5.74, 6) is -1.05. The molecule has 0 spiro atoms. The molecule has 6 nitrogen and oxygen atoms in total. The van der Waals surface area contributed by atoms with Gasteiger partial charge in [-0.05, 0) is 69.7 Å². The Hall–Kier alpha value is -2.93. The molecule has 0 saturated heterocycles. The number of rotatable bonds is 6. The summed E-state index contributed by atoms with van der Waals surface area (Å²) in [6.45, 7) is 7.91. The maximum Gasteiger partial charge on any atom is 0.338 e. The van der Waals surface area contributed by atoms with Crippen molar-refractivity contribution in [1.29, 1.82) is 0 Å². The number of esters is 2. The van der Waals surface area contributed by atoms with Gasteiger partial charge in [-0.2, -0.15) is 0 Å². The first-order valence-corrected chi connectivity index (χ1v) is 9.39. The third kappa shape index (κ3) is 5.79. The summed E-state index contributed by atoms with van der Waals surface area (Å²) in [4.78, 5) is 24.3. The van der Waals surface area contributed by atoms with E-state index in [1.54, 1.807) is 26.0 Å². The third-order valence-electron chi connectivity index (χ3n) is 3.84. The molecule has 148 valence electrons. The van der Waals surface area contributed by atoms with Gasteiger partial charge >= 0.3 is 11.9 Å². The number of nitrogens with one attached hydrogen (secondary N) is 2. The average Bonchev–Trinajstić information content (AvgIpc) is 2.64. The van der Waals surface area contributed by atoms with Crippen LogP contribution in [0.25, 0.3) is 0 Å². The van der Waals surface area contributed by atoms with Crippen LogP contribution in [-0.4, -0.2) is 30.3 Å². The number of carbonyl (C=O) groups excluding carboxylic acids is 2. The molecule has 0 radical (unpaired) electrons. The zero-order valence-corrected chi connectivity index (χ0v) is 17.2. The van der Waals surface area contributed by atoms with Crippen molar-refractivity contribution < 1.29 is 19.1 Å². The van der Waals surface area contributed by atoms with E-state index in [0.29, 0.717) is 10.8 Å². The lowest BCUT2D eigenvalue weighted by molar-refractivity contribution is 0.0525. The van der Waals surface area contributed by atoms with E-state index in [-0.39, 0.29) is 24.3 Å². The molecule has 0 fully saturated rings. The van der Waals surface area contributed by atoms with Crippen molar-refractivity contribution in [3.05, 3.63) is 58.7 Å². The van der Waals surface area contributed by atoms with Crippen LogP contribution in [0.5, 0.6) is 0 Å². The van der Waals surface area contributed by atoms with E-state index in [1.165, 1.54) is 6.07 Å². The van der Waals surface area contributed by atoms with Gasteiger partial charge < -0.3 is 20.1 Å². The monoisotopic (exact) mass is 400 g/mol. The van der Waals surface area contributed by atoms with Gasteiger partial charge in [0.2, 0.25) is 0 Å². The Morgan fingerprint density at radius 1 is 0.893 bits per heavy atom. The number of carbonyl (C=O) groups is 2. The van der Waals surface area contributed by atoms with Crippen molar-refractivity contribution in [2.45, 2.75) is 27.7 Å². The summed E-state index contributed by atoms with van der Waals surface area (Å²) in [5.41, 5.74) is 4.04. The molecule has 0 aliphatic carbocycles. The van der Waals surface area contributed by atoms with Crippen LogP contribution in [0.4, 0.5) is 11.4 Å². The molecule has 0 aliphatic heterocycles. The van der Waals surface area contributed by atoms with Gasteiger partial charge in [-0.15, -0.1) is 0 Å². The Balaban J connectivity index is 2.25. The fourth-order valence-corrected chi connectivity index (χ4v) is 2.83. The first-order chi connectivity index (χ1) is 13.3. The molecule has 0 bridgehead atoms. The normalized spacial score (nSPS) is 10.1. The number of anilines is 2. The van der Waals surface area contributed by atoms with Crippen LogP contribution < -0.4 is 10.6 Å². The standard InChI is InChI=1S/C21H24N2O4S/c1-5-26-19(24)15-10-16(20(25)27-6-2)12-17(11-15)22-21(28)23-18-8-7-13(3)9-14(18)4/h7-12H,5-6H2,1-4H3,(H2,22,23,28). The summed E-state index contributed by atoms with van der Waals surface area (Å²) in [5, 5.41) is 6.47. The molecule has 0 atom stereocenters. The molecule has 2 N–H and O–H groups in total. The molecular formula is C21H24N2O4S. The van der Waals surface area contributed by atoms with Gasteiger partial charge in [-0.25, -0.2) is 9.59 Å². The number of hydrogen-bond acceptors (Lipinski definition) is 5. The second kappa shape index (κ2) is 9.85. The van der Waals surface area contributed by atoms with Gasteiger partial charge in [0, 0.05) is 11.4 Å². The fraction of sp³-hybridized carbons (Fsp3) is 0.286. The van der Waals surface area contributed by atoms with Crippen molar-refractivity contribution in [3.8, 4) is 0 Å². The van der Waals surface area contributed by atoms with E-state index in [2.05, 4.69) is 10.6 Å². The molecule has 0 aromatic heterocycles. The van der Waals surface area contributed by atoms with Gasteiger partial charge in [0.05, 0.1) is 24.3 Å². The Morgan fingerprint density at radius 3 is 1.96 bits per heavy atom. The van der Waals surface area contributed by atoms with Gasteiger partial charge in [-0.3, -0.25) is 0 Å². The number of aryl methyl sites for hydroxylation is 2. The maximum atomic E-state index is 12.1. The third-order valence-corrected chi connectivity index (χ3v) is 4.05. The molecule has 0 heterocycles. The zero-order chi connectivity index (χ0) is 20.7. The lowest BCUT2D eigenvalue weighted by Gasteiger charge is -2.14. The van der Waals surface area contributed by atoms with Crippen molar-refractivity contribution in [1.82, 2.24) is 0 Å². The SMILES string of the molecule is CCOC(=O)c1cc(NC(=S)Nc2ccc(C)cc2C)cc(C(=O)OCC)c1. The van der Waals surface area contributed by atoms with Crippen molar-refractivity contribution in [2.24, 2.45) is 0 Å². The molecule has 0 unspecified atom stereocenters. The van der Waals surface area contributed by atoms with E-state index in [1.807, 2.05) is 32.0 Å². The molecule has 28 heavy (non-hydrogen) atoms. The summed E-state index contributed by atoms with van der Waals surface area (Å²) < 4.78 is 10.1. The number of thiocarbonyl (C=S) groups is 1. The van der Waals surface area contributed by atoms with E-state index < -0.39 is 11.9 Å². The van der Waals surface area contributed by atoms with Crippen LogP contribution in [0, 0.1) is 13.8 Å². The van der Waals surface area contributed by atoms with Gasteiger partial charge in [-0.1, -0.05) is 17.7 Å². The first kappa shape index (κ1) is 21.4. The van der Waals surface area contributed by atoms with Crippen LogP contribution in [0.15, 0.2) is 36.4 Å². The Bertz CT molecular complexity index is 860. The minimum atomic E-state index is -0.523. The predicted octanol–water partition coefficient (Wildman–Crippen LogP) is 4.47. The van der Waals surface area contributed by atoms with Crippen molar-refractivity contribution in [2.75, 3.05) is 23.8 Å². The van der Waals surface area contributed by atoms with Crippen molar-refractivity contribution >= 4 is 40.6 Å². The molecule has 7 heteroatoms. The Labute approximate surface area is 170 Å². The van der Waals surface area contributed by atoms with Crippen LogP contribution in [0.2, 0.25) is 0 Å². The van der Waals surface area contributed by atoms with E-state index in [9.17, 15) is 9.59 Å². The molecule has 2 aromatic rings. The maximum absolute atomic E-state index is 12.1.